The minimum atomic E-state index is 0.279. The molecule has 24 heavy (non-hydrogen) atoms. The summed E-state index contributed by atoms with van der Waals surface area (Å²) in [5, 5.41) is 8.66. The number of nitrogens with zero attached hydrogens (tertiary/aromatic N) is 3. The molecule has 0 spiro atoms. The Morgan fingerprint density at radius 1 is 1.04 bits per heavy atom. The standard InChI is InChI=1S/C20H25N3O/c1-2-3-15-4-6-16(7-5-15)18-8-9-20(22-21-18)24-19-14-23-12-10-17(19)11-13-23/h4-9,17,19H,2-3,10-14H2,1H3. The molecule has 2 bridgehead atoms. The Balaban J connectivity index is 1.42. The maximum Gasteiger partial charge on any atom is 0.233 e. The third-order valence-electron chi connectivity index (χ3n) is 5.30. The molecule has 4 heterocycles. The van der Waals surface area contributed by atoms with E-state index >= 15 is 0 Å². The van der Waals surface area contributed by atoms with Crippen molar-refractivity contribution in [1.82, 2.24) is 15.1 Å². The minimum Gasteiger partial charge on any atom is -0.472 e. The van der Waals surface area contributed by atoms with Crippen molar-refractivity contribution in [2.75, 3.05) is 19.6 Å². The molecule has 4 nitrogen and oxygen atoms in total. The summed E-state index contributed by atoms with van der Waals surface area (Å²) in [7, 11) is 0. The first kappa shape index (κ1) is 15.6. The fraction of sp³-hybridized carbons (Fsp3) is 0.500. The van der Waals surface area contributed by atoms with Crippen molar-refractivity contribution in [1.29, 1.82) is 0 Å². The summed E-state index contributed by atoms with van der Waals surface area (Å²) >= 11 is 0. The summed E-state index contributed by atoms with van der Waals surface area (Å²) < 4.78 is 6.12. The van der Waals surface area contributed by atoms with E-state index < -0.39 is 0 Å². The van der Waals surface area contributed by atoms with Crippen molar-refractivity contribution in [3.8, 4) is 17.1 Å². The average Bonchev–Trinajstić information content (AvgIpc) is 2.64. The van der Waals surface area contributed by atoms with Crippen LogP contribution in [0.3, 0.4) is 0 Å². The van der Waals surface area contributed by atoms with Gasteiger partial charge in [0.1, 0.15) is 6.10 Å². The molecule has 0 radical (unpaired) electrons. The quantitative estimate of drug-likeness (QED) is 0.843. The third-order valence-corrected chi connectivity index (χ3v) is 5.30. The number of hydrogen-bond acceptors (Lipinski definition) is 4. The van der Waals surface area contributed by atoms with E-state index in [-0.39, 0.29) is 6.10 Å². The van der Waals surface area contributed by atoms with Gasteiger partial charge in [0.25, 0.3) is 0 Å². The predicted molar refractivity (Wildman–Crippen MR) is 95.0 cm³/mol. The highest BCUT2D eigenvalue weighted by molar-refractivity contribution is 5.59. The normalized spacial score (nSPS) is 25.6. The van der Waals surface area contributed by atoms with Gasteiger partial charge in [0.05, 0.1) is 5.69 Å². The van der Waals surface area contributed by atoms with Crippen LogP contribution in [0.1, 0.15) is 31.7 Å². The molecule has 4 heteroatoms. The maximum atomic E-state index is 6.12. The van der Waals surface area contributed by atoms with E-state index in [1.165, 1.54) is 37.9 Å². The number of aryl methyl sites for hydroxylation is 1. The van der Waals surface area contributed by atoms with E-state index in [0.717, 1.165) is 24.2 Å². The predicted octanol–water partition coefficient (Wildman–Crippen LogP) is 3.57. The zero-order chi connectivity index (χ0) is 16.4. The second-order valence-electron chi connectivity index (χ2n) is 7.00. The highest BCUT2D eigenvalue weighted by atomic mass is 16.5. The van der Waals surface area contributed by atoms with Gasteiger partial charge in [-0.25, -0.2) is 0 Å². The zero-order valence-corrected chi connectivity index (χ0v) is 14.3. The fourth-order valence-electron chi connectivity index (χ4n) is 3.87. The molecule has 1 aromatic carbocycles. The van der Waals surface area contributed by atoms with E-state index in [1.54, 1.807) is 0 Å². The van der Waals surface area contributed by atoms with Crippen LogP contribution >= 0.6 is 0 Å². The number of fused-ring (bicyclic) bond motifs is 3. The van der Waals surface area contributed by atoms with Crippen molar-refractivity contribution in [2.45, 2.75) is 38.7 Å². The van der Waals surface area contributed by atoms with E-state index in [4.69, 9.17) is 4.74 Å². The Kier molecular flexibility index (Phi) is 4.48. The minimum absolute atomic E-state index is 0.279. The van der Waals surface area contributed by atoms with Crippen molar-refractivity contribution in [3.05, 3.63) is 42.0 Å². The van der Waals surface area contributed by atoms with Crippen LogP contribution in [0.15, 0.2) is 36.4 Å². The van der Waals surface area contributed by atoms with Gasteiger partial charge in [0.2, 0.25) is 5.88 Å². The molecule has 0 saturated carbocycles. The summed E-state index contributed by atoms with van der Waals surface area (Å²) in [5.41, 5.74) is 3.38. The Hall–Kier alpha value is -1.94. The van der Waals surface area contributed by atoms with Crippen LogP contribution in [-0.2, 0) is 6.42 Å². The summed E-state index contributed by atoms with van der Waals surface area (Å²) in [4.78, 5) is 2.49. The van der Waals surface area contributed by atoms with Crippen LogP contribution in [-0.4, -0.2) is 40.8 Å². The molecular weight excluding hydrogens is 298 g/mol. The molecule has 0 N–H and O–H groups in total. The maximum absolute atomic E-state index is 6.12. The van der Waals surface area contributed by atoms with E-state index in [1.807, 2.05) is 12.1 Å². The molecule has 0 amide bonds. The molecule has 2 aromatic rings. The van der Waals surface area contributed by atoms with Gasteiger partial charge in [-0.3, -0.25) is 4.90 Å². The van der Waals surface area contributed by atoms with Gasteiger partial charge in [-0.15, -0.1) is 10.2 Å². The first-order valence-corrected chi connectivity index (χ1v) is 9.14. The number of piperidine rings is 3. The van der Waals surface area contributed by atoms with Gasteiger partial charge in [0.15, 0.2) is 0 Å². The van der Waals surface area contributed by atoms with Gasteiger partial charge in [-0.2, -0.15) is 0 Å². The second-order valence-corrected chi connectivity index (χ2v) is 7.00. The second kappa shape index (κ2) is 6.89. The first-order valence-electron chi connectivity index (χ1n) is 9.14. The van der Waals surface area contributed by atoms with Crippen LogP contribution in [0.25, 0.3) is 11.3 Å². The molecule has 3 fully saturated rings. The first-order chi connectivity index (χ1) is 11.8. The van der Waals surface area contributed by atoms with Gasteiger partial charge < -0.3 is 4.74 Å². The van der Waals surface area contributed by atoms with Gasteiger partial charge in [-0.05, 0) is 49.9 Å². The number of rotatable bonds is 5. The number of hydrogen-bond donors (Lipinski definition) is 0. The molecule has 1 unspecified atom stereocenters. The molecule has 5 rings (SSSR count). The zero-order valence-electron chi connectivity index (χ0n) is 14.3. The molecule has 3 saturated heterocycles. The smallest absolute Gasteiger partial charge is 0.233 e. The van der Waals surface area contributed by atoms with Gasteiger partial charge >= 0.3 is 0 Å². The van der Waals surface area contributed by atoms with Gasteiger partial charge in [-0.1, -0.05) is 37.6 Å². The molecule has 3 aliphatic heterocycles. The Morgan fingerprint density at radius 3 is 2.42 bits per heavy atom. The lowest BCUT2D eigenvalue weighted by molar-refractivity contribution is -0.0103. The highest BCUT2D eigenvalue weighted by Crippen LogP contribution is 2.30. The summed E-state index contributed by atoms with van der Waals surface area (Å²) in [5.74, 6) is 1.34. The van der Waals surface area contributed by atoms with Crippen molar-refractivity contribution < 1.29 is 4.74 Å². The van der Waals surface area contributed by atoms with E-state index in [9.17, 15) is 0 Å². The van der Waals surface area contributed by atoms with Gasteiger partial charge in [0, 0.05) is 18.2 Å². The third kappa shape index (κ3) is 3.29. The number of aromatic nitrogens is 2. The Labute approximate surface area is 143 Å². The number of ether oxygens (including phenoxy) is 1. The van der Waals surface area contributed by atoms with Crippen molar-refractivity contribution >= 4 is 0 Å². The largest absolute Gasteiger partial charge is 0.472 e. The molecule has 0 aliphatic carbocycles. The van der Waals surface area contributed by atoms with Crippen LogP contribution in [0.5, 0.6) is 5.88 Å². The monoisotopic (exact) mass is 323 g/mol. The van der Waals surface area contributed by atoms with Crippen molar-refractivity contribution in [2.24, 2.45) is 5.92 Å². The molecule has 1 atom stereocenters. The summed E-state index contributed by atoms with van der Waals surface area (Å²) in [6.07, 6.45) is 5.07. The molecular formula is C20H25N3O. The SMILES string of the molecule is CCCc1ccc(-c2ccc(OC3CN4CCC3CC4)nn2)cc1. The molecule has 126 valence electrons. The number of benzene rings is 1. The lowest BCUT2D eigenvalue weighted by Gasteiger charge is -2.44. The molecule has 3 aliphatic rings. The summed E-state index contributed by atoms with van der Waals surface area (Å²) in [6.45, 7) is 5.69. The van der Waals surface area contributed by atoms with Crippen molar-refractivity contribution in [3.63, 3.8) is 0 Å². The highest BCUT2D eigenvalue weighted by Gasteiger charge is 2.35. The average molecular weight is 323 g/mol. The topological polar surface area (TPSA) is 38.2 Å². The van der Waals surface area contributed by atoms with Crippen LogP contribution in [0.4, 0.5) is 0 Å². The fourth-order valence-corrected chi connectivity index (χ4v) is 3.87. The van der Waals surface area contributed by atoms with E-state index in [2.05, 4.69) is 46.3 Å². The lowest BCUT2D eigenvalue weighted by atomic mass is 9.86. The Bertz CT molecular complexity index is 660. The summed E-state index contributed by atoms with van der Waals surface area (Å²) in [6, 6.07) is 12.6. The lowest BCUT2D eigenvalue weighted by Crippen LogP contribution is -2.52. The van der Waals surface area contributed by atoms with Crippen LogP contribution in [0.2, 0.25) is 0 Å². The van der Waals surface area contributed by atoms with E-state index in [0.29, 0.717) is 11.8 Å². The van der Waals surface area contributed by atoms with Crippen LogP contribution in [0, 0.1) is 5.92 Å². The molecule has 1 aromatic heterocycles. The van der Waals surface area contributed by atoms with Crippen LogP contribution < -0.4 is 4.74 Å². The Morgan fingerprint density at radius 2 is 1.83 bits per heavy atom.